The van der Waals surface area contributed by atoms with Crippen molar-refractivity contribution in [2.24, 2.45) is 0 Å². The van der Waals surface area contributed by atoms with Gasteiger partial charge in [-0.05, 0) is 43.3 Å². The van der Waals surface area contributed by atoms with Crippen LogP contribution < -0.4 is 9.62 Å². The molecule has 1 heterocycles. The number of nitrogens with zero attached hydrogens (tertiary/aromatic N) is 2. The highest BCUT2D eigenvalue weighted by atomic mass is 32.1. The zero-order valence-electron chi connectivity index (χ0n) is 12.2. The molecule has 0 saturated carbocycles. The lowest BCUT2D eigenvalue weighted by Crippen LogP contribution is -2.27. The molecule has 0 spiro atoms. The van der Waals surface area contributed by atoms with Gasteiger partial charge in [0.2, 0.25) is 0 Å². The molecule has 2 aromatic carbocycles. The molecule has 0 fully saturated rings. The van der Waals surface area contributed by atoms with E-state index in [2.05, 4.69) is 23.3 Å². The standard InChI is InChI=1S/C16H13N3O3S/c1-10(20)11-6-8-12(9-7-11)19(23)16(21)17-15-13-4-2-3-5-14(13)22-18-15/h2-9,23H,1H3,(H,17,18,21). The van der Waals surface area contributed by atoms with E-state index < -0.39 is 6.03 Å². The van der Waals surface area contributed by atoms with Crippen LogP contribution in [0.25, 0.3) is 11.0 Å². The summed E-state index contributed by atoms with van der Waals surface area (Å²) in [6.07, 6.45) is 0. The molecule has 7 heteroatoms. The number of carbonyl (C=O) groups is 2. The average Bonchev–Trinajstić information content (AvgIpc) is 2.97. The topological polar surface area (TPSA) is 75.4 Å². The lowest BCUT2D eigenvalue weighted by molar-refractivity contribution is 0.101. The van der Waals surface area contributed by atoms with Gasteiger partial charge in [0.05, 0.1) is 11.1 Å². The van der Waals surface area contributed by atoms with Crippen molar-refractivity contribution in [3.8, 4) is 0 Å². The number of fused-ring (bicyclic) bond motifs is 1. The Hall–Kier alpha value is -2.80. The van der Waals surface area contributed by atoms with Gasteiger partial charge in [-0.3, -0.25) is 10.1 Å². The number of rotatable bonds is 3. The Labute approximate surface area is 137 Å². The highest BCUT2D eigenvalue weighted by molar-refractivity contribution is 7.82. The first-order valence-corrected chi connectivity index (χ1v) is 7.21. The summed E-state index contributed by atoms with van der Waals surface area (Å²) in [4.78, 5) is 23.5. The van der Waals surface area contributed by atoms with Crippen LogP contribution in [0, 0.1) is 0 Å². The number of anilines is 2. The fourth-order valence-corrected chi connectivity index (χ4v) is 2.27. The lowest BCUT2D eigenvalue weighted by Gasteiger charge is -2.15. The monoisotopic (exact) mass is 327 g/mol. The predicted molar refractivity (Wildman–Crippen MR) is 90.9 cm³/mol. The number of thiol groups is 1. The second-order valence-electron chi connectivity index (χ2n) is 4.87. The largest absolute Gasteiger partial charge is 0.354 e. The molecule has 0 bridgehead atoms. The van der Waals surface area contributed by atoms with Crippen LogP contribution in [0.4, 0.5) is 16.3 Å². The van der Waals surface area contributed by atoms with Gasteiger partial charge in [-0.1, -0.05) is 30.1 Å². The maximum Gasteiger partial charge on any atom is 0.337 e. The van der Waals surface area contributed by atoms with Gasteiger partial charge in [0.1, 0.15) is 0 Å². The highest BCUT2D eigenvalue weighted by Gasteiger charge is 2.16. The van der Waals surface area contributed by atoms with Gasteiger partial charge in [-0.15, -0.1) is 0 Å². The number of hydrogen-bond acceptors (Lipinski definition) is 5. The first-order valence-electron chi connectivity index (χ1n) is 6.81. The minimum absolute atomic E-state index is 0.0409. The van der Waals surface area contributed by atoms with E-state index in [-0.39, 0.29) is 5.78 Å². The van der Waals surface area contributed by atoms with Crippen LogP contribution in [0.3, 0.4) is 0 Å². The van der Waals surface area contributed by atoms with E-state index >= 15 is 0 Å². The maximum atomic E-state index is 12.3. The third kappa shape index (κ3) is 3.04. The number of carbonyl (C=O) groups excluding carboxylic acids is 2. The van der Waals surface area contributed by atoms with Crippen molar-refractivity contribution in [2.75, 3.05) is 9.62 Å². The molecule has 3 aromatic rings. The van der Waals surface area contributed by atoms with Crippen molar-refractivity contribution >= 4 is 47.1 Å². The van der Waals surface area contributed by atoms with Crippen LogP contribution in [0.2, 0.25) is 0 Å². The van der Waals surface area contributed by atoms with E-state index in [1.54, 1.807) is 36.4 Å². The number of Topliss-reactive ketones (excluding diaryl/α,β-unsaturated/α-hetero) is 1. The second kappa shape index (κ2) is 6.13. The summed E-state index contributed by atoms with van der Waals surface area (Å²) >= 11 is 4.18. The van der Waals surface area contributed by atoms with E-state index in [0.717, 1.165) is 4.31 Å². The Bertz CT molecular complexity index is 874. The molecule has 0 aliphatic carbocycles. The van der Waals surface area contributed by atoms with Crippen LogP contribution in [0.1, 0.15) is 17.3 Å². The van der Waals surface area contributed by atoms with E-state index in [0.29, 0.717) is 28.0 Å². The summed E-state index contributed by atoms with van der Waals surface area (Å²) in [5, 5.41) is 7.18. The Morgan fingerprint density at radius 2 is 1.83 bits per heavy atom. The summed E-state index contributed by atoms with van der Waals surface area (Å²) in [5.74, 6) is 0.283. The van der Waals surface area contributed by atoms with Gasteiger partial charge in [-0.2, -0.15) is 0 Å². The summed E-state index contributed by atoms with van der Waals surface area (Å²) in [5.41, 5.74) is 1.68. The minimum Gasteiger partial charge on any atom is -0.354 e. The molecule has 1 aromatic heterocycles. The first-order chi connectivity index (χ1) is 11.1. The summed E-state index contributed by atoms with van der Waals surface area (Å²) in [7, 11) is 0. The Morgan fingerprint density at radius 3 is 2.52 bits per heavy atom. The molecule has 116 valence electrons. The quantitative estimate of drug-likeness (QED) is 0.565. The van der Waals surface area contributed by atoms with Crippen molar-refractivity contribution in [3.63, 3.8) is 0 Å². The molecule has 3 rings (SSSR count). The second-order valence-corrected chi connectivity index (χ2v) is 5.27. The minimum atomic E-state index is -0.483. The van der Waals surface area contributed by atoms with Gasteiger partial charge < -0.3 is 4.52 Å². The van der Waals surface area contributed by atoms with E-state index in [1.807, 2.05) is 12.1 Å². The summed E-state index contributed by atoms with van der Waals surface area (Å²) in [6, 6.07) is 13.3. The van der Waals surface area contributed by atoms with Crippen molar-refractivity contribution in [2.45, 2.75) is 6.92 Å². The number of amides is 2. The average molecular weight is 327 g/mol. The van der Waals surface area contributed by atoms with Crippen molar-refractivity contribution in [3.05, 3.63) is 54.1 Å². The third-order valence-electron chi connectivity index (χ3n) is 3.31. The van der Waals surface area contributed by atoms with Crippen LogP contribution in [0.5, 0.6) is 0 Å². The molecular formula is C16H13N3O3S. The van der Waals surface area contributed by atoms with Gasteiger partial charge >= 0.3 is 6.03 Å². The Morgan fingerprint density at radius 1 is 1.13 bits per heavy atom. The summed E-state index contributed by atoms with van der Waals surface area (Å²) in [6.45, 7) is 1.48. The molecule has 0 aliphatic rings. The maximum absolute atomic E-state index is 12.3. The molecule has 2 amide bonds. The fraction of sp³-hybridized carbons (Fsp3) is 0.0625. The number of ketones is 1. The predicted octanol–water partition coefficient (Wildman–Crippen LogP) is 3.91. The molecule has 0 unspecified atom stereocenters. The molecule has 0 atom stereocenters. The molecule has 1 N–H and O–H groups in total. The Kier molecular flexibility index (Phi) is 4.03. The molecule has 23 heavy (non-hydrogen) atoms. The van der Waals surface area contributed by atoms with Gasteiger partial charge in [0.25, 0.3) is 0 Å². The number of para-hydroxylation sites is 1. The fourth-order valence-electron chi connectivity index (χ4n) is 2.08. The van der Waals surface area contributed by atoms with E-state index in [4.69, 9.17) is 4.52 Å². The number of benzene rings is 2. The smallest absolute Gasteiger partial charge is 0.337 e. The molecular weight excluding hydrogens is 314 g/mol. The number of hydrogen-bond donors (Lipinski definition) is 2. The van der Waals surface area contributed by atoms with Gasteiger partial charge in [0.15, 0.2) is 17.2 Å². The van der Waals surface area contributed by atoms with Crippen molar-refractivity contribution in [1.82, 2.24) is 5.16 Å². The number of aromatic nitrogens is 1. The molecule has 6 nitrogen and oxygen atoms in total. The highest BCUT2D eigenvalue weighted by Crippen LogP contribution is 2.24. The van der Waals surface area contributed by atoms with Gasteiger partial charge in [0, 0.05) is 5.56 Å². The van der Waals surface area contributed by atoms with Crippen LogP contribution in [-0.4, -0.2) is 17.0 Å². The zero-order valence-corrected chi connectivity index (χ0v) is 13.1. The van der Waals surface area contributed by atoms with Crippen molar-refractivity contribution < 1.29 is 14.1 Å². The van der Waals surface area contributed by atoms with E-state index in [9.17, 15) is 9.59 Å². The zero-order chi connectivity index (χ0) is 16.4. The molecule has 0 saturated heterocycles. The Balaban J connectivity index is 1.78. The summed E-state index contributed by atoms with van der Waals surface area (Å²) < 4.78 is 6.26. The normalized spacial score (nSPS) is 10.5. The van der Waals surface area contributed by atoms with Gasteiger partial charge in [-0.25, -0.2) is 9.10 Å². The molecule has 0 aliphatic heterocycles. The lowest BCUT2D eigenvalue weighted by atomic mass is 10.1. The third-order valence-corrected chi connectivity index (χ3v) is 3.73. The number of nitrogens with one attached hydrogen (secondary N) is 1. The first kappa shape index (κ1) is 15.1. The van der Waals surface area contributed by atoms with E-state index in [1.165, 1.54) is 6.92 Å². The number of urea groups is 1. The molecule has 0 radical (unpaired) electrons. The van der Waals surface area contributed by atoms with Crippen molar-refractivity contribution in [1.29, 1.82) is 0 Å². The SMILES string of the molecule is CC(=O)c1ccc(N(S)C(=O)Nc2noc3ccccc23)cc1. The van der Waals surface area contributed by atoms with Crippen LogP contribution >= 0.6 is 12.8 Å². The van der Waals surface area contributed by atoms with Crippen LogP contribution in [0.15, 0.2) is 53.1 Å². The van der Waals surface area contributed by atoms with Crippen LogP contribution in [-0.2, 0) is 0 Å².